The van der Waals surface area contributed by atoms with Crippen LogP contribution in [0.1, 0.15) is 6.42 Å². The average Bonchev–Trinajstić information content (AvgIpc) is 2.40. The third-order valence-corrected chi connectivity index (χ3v) is 3.95. The van der Waals surface area contributed by atoms with Crippen LogP contribution in [0, 0.1) is 0 Å². The Morgan fingerprint density at radius 3 is 2.92 bits per heavy atom. The molecule has 13 heavy (non-hydrogen) atoms. The highest BCUT2D eigenvalue weighted by molar-refractivity contribution is 7.98. The lowest BCUT2D eigenvalue weighted by Crippen LogP contribution is -2.30. The Kier molecular flexibility index (Phi) is 4.28. The van der Waals surface area contributed by atoms with Gasteiger partial charge < -0.3 is 5.32 Å². The van der Waals surface area contributed by atoms with Crippen LogP contribution in [-0.2, 0) is 9.84 Å². The maximum absolute atomic E-state index is 11.0. The molecule has 1 aliphatic rings. The molecule has 0 saturated heterocycles. The lowest BCUT2D eigenvalue weighted by molar-refractivity contribution is 0.589. The van der Waals surface area contributed by atoms with Crippen molar-refractivity contribution in [1.82, 2.24) is 5.32 Å². The maximum Gasteiger partial charge on any atom is 0.173 e. The van der Waals surface area contributed by atoms with E-state index >= 15 is 0 Å². The van der Waals surface area contributed by atoms with Crippen LogP contribution in [0.5, 0.6) is 0 Å². The SMILES string of the molecule is CSCCCNC1C=CS(=O)(=O)C1. The molecule has 1 unspecified atom stereocenters. The lowest BCUT2D eigenvalue weighted by atomic mass is 10.3. The van der Waals surface area contributed by atoms with Crippen LogP contribution in [0.2, 0.25) is 0 Å². The minimum Gasteiger partial charge on any atom is -0.310 e. The zero-order chi connectivity index (χ0) is 9.73. The third-order valence-electron chi connectivity index (χ3n) is 1.86. The standard InChI is InChI=1S/C8H15NO2S2/c1-12-5-2-4-9-8-3-6-13(10,11)7-8/h3,6,8-9H,2,4-5,7H2,1H3. The molecular formula is C8H15NO2S2. The van der Waals surface area contributed by atoms with Gasteiger partial charge in [-0.1, -0.05) is 6.08 Å². The minimum absolute atomic E-state index is 0.0341. The predicted molar refractivity (Wildman–Crippen MR) is 57.7 cm³/mol. The number of hydrogen-bond acceptors (Lipinski definition) is 4. The summed E-state index contributed by atoms with van der Waals surface area (Å²) in [5.74, 6) is 1.35. The summed E-state index contributed by atoms with van der Waals surface area (Å²) in [7, 11) is -2.89. The summed E-state index contributed by atoms with van der Waals surface area (Å²) in [6.07, 6.45) is 4.89. The summed E-state index contributed by atoms with van der Waals surface area (Å²) < 4.78 is 22.0. The summed E-state index contributed by atoms with van der Waals surface area (Å²) in [4.78, 5) is 0. The fraction of sp³-hybridized carbons (Fsp3) is 0.750. The molecule has 1 heterocycles. The predicted octanol–water partition coefficient (Wildman–Crippen LogP) is 0.640. The van der Waals surface area contributed by atoms with Crippen molar-refractivity contribution in [2.45, 2.75) is 12.5 Å². The fourth-order valence-electron chi connectivity index (χ4n) is 1.21. The van der Waals surface area contributed by atoms with Gasteiger partial charge >= 0.3 is 0 Å². The number of hydrogen-bond donors (Lipinski definition) is 1. The van der Waals surface area contributed by atoms with Crippen LogP contribution in [0.15, 0.2) is 11.5 Å². The molecule has 0 saturated carbocycles. The van der Waals surface area contributed by atoms with Crippen LogP contribution < -0.4 is 5.32 Å². The van der Waals surface area contributed by atoms with E-state index < -0.39 is 9.84 Å². The van der Waals surface area contributed by atoms with E-state index in [2.05, 4.69) is 11.6 Å². The Morgan fingerprint density at radius 2 is 2.38 bits per heavy atom. The normalized spacial score (nSPS) is 25.2. The van der Waals surface area contributed by atoms with Crippen LogP contribution in [0.3, 0.4) is 0 Å². The number of nitrogens with one attached hydrogen (secondary N) is 1. The summed E-state index contributed by atoms with van der Waals surface area (Å²) >= 11 is 1.81. The molecule has 1 atom stereocenters. The van der Waals surface area contributed by atoms with E-state index in [-0.39, 0.29) is 11.8 Å². The van der Waals surface area contributed by atoms with Crippen LogP contribution in [0.4, 0.5) is 0 Å². The van der Waals surface area contributed by atoms with Gasteiger partial charge in [-0.05, 0) is 25.0 Å². The molecule has 0 aromatic carbocycles. The topological polar surface area (TPSA) is 46.2 Å². The molecule has 0 aliphatic carbocycles. The second-order valence-corrected chi connectivity index (χ2v) is 5.98. The Morgan fingerprint density at radius 1 is 1.62 bits per heavy atom. The summed E-state index contributed by atoms with van der Waals surface area (Å²) in [6.45, 7) is 0.894. The first-order valence-electron chi connectivity index (χ1n) is 4.27. The number of thioether (sulfide) groups is 1. The fourth-order valence-corrected chi connectivity index (χ4v) is 2.91. The quantitative estimate of drug-likeness (QED) is 0.692. The zero-order valence-corrected chi connectivity index (χ0v) is 9.33. The molecule has 0 bridgehead atoms. The van der Waals surface area contributed by atoms with Gasteiger partial charge in [0.2, 0.25) is 0 Å². The molecule has 0 aromatic rings. The van der Waals surface area contributed by atoms with Crippen LogP contribution in [0.25, 0.3) is 0 Å². The highest BCUT2D eigenvalue weighted by Gasteiger charge is 2.20. The number of sulfone groups is 1. The van der Waals surface area contributed by atoms with E-state index in [1.165, 1.54) is 5.41 Å². The maximum atomic E-state index is 11.0. The van der Waals surface area contributed by atoms with E-state index in [1.807, 2.05) is 11.8 Å². The van der Waals surface area contributed by atoms with Crippen molar-refractivity contribution in [1.29, 1.82) is 0 Å². The Balaban J connectivity index is 2.16. The van der Waals surface area contributed by atoms with Gasteiger partial charge in [0.1, 0.15) is 0 Å². The van der Waals surface area contributed by atoms with Crippen LogP contribution >= 0.6 is 11.8 Å². The van der Waals surface area contributed by atoms with Gasteiger partial charge in [0, 0.05) is 11.4 Å². The van der Waals surface area contributed by atoms with Crippen molar-refractivity contribution in [2.75, 3.05) is 24.3 Å². The van der Waals surface area contributed by atoms with Crippen LogP contribution in [-0.4, -0.2) is 38.8 Å². The molecule has 76 valence electrons. The third kappa shape index (κ3) is 4.15. The molecule has 0 radical (unpaired) electrons. The molecule has 1 rings (SSSR count). The first-order valence-corrected chi connectivity index (χ1v) is 7.38. The van der Waals surface area contributed by atoms with Gasteiger partial charge in [0.05, 0.1) is 5.75 Å². The van der Waals surface area contributed by atoms with E-state index in [0.29, 0.717) is 0 Å². The molecule has 0 amide bonds. The first-order chi connectivity index (χ1) is 6.14. The molecule has 1 N–H and O–H groups in total. The van der Waals surface area contributed by atoms with Crippen molar-refractivity contribution >= 4 is 21.6 Å². The number of rotatable bonds is 5. The second kappa shape index (κ2) is 5.02. The van der Waals surface area contributed by atoms with Crippen molar-refractivity contribution in [2.24, 2.45) is 0 Å². The van der Waals surface area contributed by atoms with Gasteiger partial charge in [-0.2, -0.15) is 11.8 Å². The van der Waals surface area contributed by atoms with E-state index in [0.717, 1.165) is 18.7 Å². The Bertz CT molecular complexity index is 272. The van der Waals surface area contributed by atoms with Gasteiger partial charge in [0.15, 0.2) is 9.84 Å². The second-order valence-electron chi connectivity index (χ2n) is 3.07. The van der Waals surface area contributed by atoms with Crippen molar-refractivity contribution in [3.05, 3.63) is 11.5 Å². The lowest BCUT2D eigenvalue weighted by Gasteiger charge is -2.08. The summed E-state index contributed by atoms with van der Waals surface area (Å²) in [5, 5.41) is 4.50. The molecule has 1 aliphatic heterocycles. The highest BCUT2D eigenvalue weighted by Crippen LogP contribution is 2.07. The molecule has 0 aromatic heterocycles. The first kappa shape index (κ1) is 11.1. The molecule has 5 heteroatoms. The Hall–Kier alpha value is -0.0000000000000000555. The monoisotopic (exact) mass is 221 g/mol. The van der Waals surface area contributed by atoms with Gasteiger partial charge in [-0.3, -0.25) is 0 Å². The summed E-state index contributed by atoms with van der Waals surface area (Å²) in [5.41, 5.74) is 0. The molecule has 0 fully saturated rings. The zero-order valence-electron chi connectivity index (χ0n) is 7.69. The molecule has 3 nitrogen and oxygen atoms in total. The van der Waals surface area contributed by atoms with E-state index in [1.54, 1.807) is 6.08 Å². The molecule has 0 spiro atoms. The van der Waals surface area contributed by atoms with Gasteiger partial charge in [-0.15, -0.1) is 0 Å². The smallest absolute Gasteiger partial charge is 0.173 e. The van der Waals surface area contributed by atoms with Crippen molar-refractivity contribution in [3.8, 4) is 0 Å². The Labute approximate surface area is 83.9 Å². The van der Waals surface area contributed by atoms with E-state index in [4.69, 9.17) is 0 Å². The summed E-state index contributed by atoms with van der Waals surface area (Å²) in [6, 6.07) is 0.0341. The van der Waals surface area contributed by atoms with Crippen molar-refractivity contribution in [3.63, 3.8) is 0 Å². The average molecular weight is 221 g/mol. The largest absolute Gasteiger partial charge is 0.310 e. The molecular weight excluding hydrogens is 206 g/mol. The highest BCUT2D eigenvalue weighted by atomic mass is 32.2. The minimum atomic E-state index is -2.89. The van der Waals surface area contributed by atoms with Gasteiger partial charge in [-0.25, -0.2) is 8.42 Å². The van der Waals surface area contributed by atoms with Gasteiger partial charge in [0.25, 0.3) is 0 Å². The van der Waals surface area contributed by atoms with Crippen molar-refractivity contribution < 1.29 is 8.42 Å². The van der Waals surface area contributed by atoms with E-state index in [9.17, 15) is 8.42 Å².